The number of hydrogen-bond acceptors (Lipinski definition) is 4. The first-order valence-corrected chi connectivity index (χ1v) is 10.1. The zero-order valence-corrected chi connectivity index (χ0v) is 17.7. The van der Waals surface area contributed by atoms with Crippen molar-refractivity contribution in [3.8, 4) is 0 Å². The van der Waals surface area contributed by atoms with Crippen molar-refractivity contribution in [2.75, 3.05) is 6.61 Å². The highest BCUT2D eigenvalue weighted by Gasteiger charge is 2.35. The maximum Gasteiger partial charge on any atom is 0.184 e. The van der Waals surface area contributed by atoms with Gasteiger partial charge < -0.3 is 5.11 Å². The molecule has 27 heavy (non-hydrogen) atoms. The van der Waals surface area contributed by atoms with E-state index in [0.29, 0.717) is 18.3 Å². The molecular weight excluding hydrogens is 340 g/mol. The van der Waals surface area contributed by atoms with Gasteiger partial charge in [-0.15, -0.1) is 0 Å². The minimum atomic E-state index is -0.387. The highest BCUT2D eigenvalue weighted by molar-refractivity contribution is 6.11. The Morgan fingerprint density at radius 1 is 1.11 bits per heavy atom. The maximum atomic E-state index is 12.9. The lowest BCUT2D eigenvalue weighted by molar-refractivity contribution is -0.122. The van der Waals surface area contributed by atoms with Gasteiger partial charge in [-0.3, -0.25) is 14.4 Å². The number of Topliss-reactive ketones (excluding diaryl/α,β-unsaturated/α-hetero) is 3. The average molecular weight is 377 g/mol. The molecule has 4 nitrogen and oxygen atoms in total. The summed E-state index contributed by atoms with van der Waals surface area (Å²) in [5.74, 6) is 0.670. The molecule has 0 radical (unpaired) electrons. The summed E-state index contributed by atoms with van der Waals surface area (Å²) in [4.78, 5) is 35.8. The lowest BCUT2D eigenvalue weighted by atomic mass is 9.89. The first kappa shape index (κ1) is 23.5. The minimum Gasteiger partial charge on any atom is -0.396 e. The van der Waals surface area contributed by atoms with Crippen molar-refractivity contribution in [1.82, 2.24) is 0 Å². The fraction of sp³-hybridized carbons (Fsp3) is 0.696. The van der Waals surface area contributed by atoms with Crippen molar-refractivity contribution >= 4 is 17.3 Å². The lowest BCUT2D eigenvalue weighted by Gasteiger charge is -2.15. The van der Waals surface area contributed by atoms with Crippen LogP contribution in [0.4, 0.5) is 0 Å². The topological polar surface area (TPSA) is 71.4 Å². The molecule has 0 aromatic heterocycles. The summed E-state index contributed by atoms with van der Waals surface area (Å²) in [6.45, 7) is 11.2. The SMILES string of the molecule is CC(=O)C(C)CC(C)C/C=C(/CC(C)C)C(=O)C1=CC1CC(CO)C(C)=O. The molecule has 152 valence electrons. The molecule has 1 aliphatic carbocycles. The molecule has 0 aromatic rings. The van der Waals surface area contributed by atoms with E-state index in [1.165, 1.54) is 6.92 Å². The van der Waals surface area contributed by atoms with E-state index < -0.39 is 0 Å². The predicted octanol–water partition coefficient (Wildman–Crippen LogP) is 4.31. The maximum absolute atomic E-state index is 12.9. The van der Waals surface area contributed by atoms with E-state index in [-0.39, 0.29) is 41.7 Å². The van der Waals surface area contributed by atoms with Gasteiger partial charge in [0.2, 0.25) is 0 Å². The van der Waals surface area contributed by atoms with Gasteiger partial charge >= 0.3 is 0 Å². The largest absolute Gasteiger partial charge is 0.396 e. The quantitative estimate of drug-likeness (QED) is 0.486. The van der Waals surface area contributed by atoms with Crippen molar-refractivity contribution in [2.24, 2.45) is 29.6 Å². The number of allylic oxidation sites excluding steroid dienone is 4. The number of rotatable bonds is 13. The van der Waals surface area contributed by atoms with Crippen molar-refractivity contribution in [3.63, 3.8) is 0 Å². The number of carbonyl (C=O) groups is 3. The van der Waals surface area contributed by atoms with Crippen LogP contribution in [-0.2, 0) is 14.4 Å². The van der Waals surface area contributed by atoms with E-state index in [1.54, 1.807) is 6.92 Å². The molecule has 4 atom stereocenters. The van der Waals surface area contributed by atoms with Crippen LogP contribution >= 0.6 is 0 Å². The van der Waals surface area contributed by atoms with E-state index in [2.05, 4.69) is 20.8 Å². The predicted molar refractivity (Wildman–Crippen MR) is 108 cm³/mol. The molecule has 1 aliphatic rings. The third-order valence-electron chi connectivity index (χ3n) is 5.40. The van der Waals surface area contributed by atoms with E-state index >= 15 is 0 Å². The smallest absolute Gasteiger partial charge is 0.184 e. The second kappa shape index (κ2) is 10.7. The molecule has 0 bridgehead atoms. The molecule has 0 heterocycles. The van der Waals surface area contributed by atoms with Gasteiger partial charge in [0.15, 0.2) is 5.78 Å². The van der Waals surface area contributed by atoms with Crippen LogP contribution in [0.2, 0.25) is 0 Å². The summed E-state index contributed by atoms with van der Waals surface area (Å²) in [7, 11) is 0. The first-order chi connectivity index (χ1) is 12.6. The zero-order chi connectivity index (χ0) is 20.7. The second-order valence-corrected chi connectivity index (χ2v) is 8.70. The monoisotopic (exact) mass is 376 g/mol. The molecule has 1 N–H and O–H groups in total. The van der Waals surface area contributed by atoms with Gasteiger partial charge in [-0.2, -0.15) is 0 Å². The van der Waals surface area contributed by atoms with Crippen LogP contribution in [0, 0.1) is 29.6 Å². The van der Waals surface area contributed by atoms with Crippen LogP contribution in [0.25, 0.3) is 0 Å². The third-order valence-corrected chi connectivity index (χ3v) is 5.40. The third kappa shape index (κ3) is 7.92. The van der Waals surface area contributed by atoms with Gasteiger partial charge in [-0.25, -0.2) is 0 Å². The molecule has 4 unspecified atom stereocenters. The number of hydrogen-bond donors (Lipinski definition) is 1. The first-order valence-electron chi connectivity index (χ1n) is 10.1. The average Bonchev–Trinajstić information content (AvgIpc) is 3.34. The summed E-state index contributed by atoms with van der Waals surface area (Å²) >= 11 is 0. The normalized spacial score (nSPS) is 20.1. The van der Waals surface area contributed by atoms with E-state index in [0.717, 1.165) is 30.4 Å². The van der Waals surface area contributed by atoms with Gasteiger partial charge in [0.1, 0.15) is 11.6 Å². The second-order valence-electron chi connectivity index (χ2n) is 8.70. The molecule has 1 rings (SSSR count). The van der Waals surface area contributed by atoms with Crippen LogP contribution in [0.15, 0.2) is 23.3 Å². The van der Waals surface area contributed by atoms with Crippen molar-refractivity contribution in [1.29, 1.82) is 0 Å². The summed E-state index contributed by atoms with van der Waals surface area (Å²) in [6.07, 6.45) is 6.84. The molecule has 0 saturated heterocycles. The Morgan fingerprint density at radius 3 is 2.22 bits per heavy atom. The number of aliphatic hydroxyl groups is 1. The van der Waals surface area contributed by atoms with E-state index in [4.69, 9.17) is 0 Å². The van der Waals surface area contributed by atoms with Crippen LogP contribution in [0.5, 0.6) is 0 Å². The summed E-state index contributed by atoms with van der Waals surface area (Å²) in [6, 6.07) is 0. The highest BCUT2D eigenvalue weighted by Crippen LogP contribution is 2.38. The fourth-order valence-corrected chi connectivity index (χ4v) is 3.39. The van der Waals surface area contributed by atoms with Gasteiger partial charge in [0.05, 0.1) is 6.61 Å². The number of ketones is 3. The van der Waals surface area contributed by atoms with Crippen LogP contribution in [0.1, 0.15) is 67.2 Å². The summed E-state index contributed by atoms with van der Waals surface area (Å²) < 4.78 is 0. The molecule has 0 fully saturated rings. The standard InChI is InChI=1S/C23H36O4/c1-14(2)9-19(8-7-15(3)10-16(4)17(5)25)23(27)22-12-20(22)11-21(13-24)18(6)26/h8,12,14-16,20-21,24H,7,9-11,13H2,1-6H3/b19-8-. The van der Waals surface area contributed by atoms with Gasteiger partial charge in [0, 0.05) is 23.3 Å². The molecule has 0 aliphatic heterocycles. The zero-order valence-electron chi connectivity index (χ0n) is 17.7. The number of aliphatic hydroxyl groups excluding tert-OH is 1. The Hall–Kier alpha value is -1.55. The highest BCUT2D eigenvalue weighted by atomic mass is 16.3. The molecule has 0 spiro atoms. The summed E-state index contributed by atoms with van der Waals surface area (Å²) in [5, 5.41) is 9.32. The number of carbonyl (C=O) groups excluding carboxylic acids is 3. The molecule has 4 heteroatoms. The molecule has 0 amide bonds. The van der Waals surface area contributed by atoms with Crippen LogP contribution < -0.4 is 0 Å². The fourth-order valence-electron chi connectivity index (χ4n) is 3.39. The summed E-state index contributed by atoms with van der Waals surface area (Å²) in [5.41, 5.74) is 1.62. The van der Waals surface area contributed by atoms with Gasteiger partial charge in [-0.1, -0.05) is 39.8 Å². The Bertz CT molecular complexity index is 612. The van der Waals surface area contributed by atoms with Crippen LogP contribution in [-0.4, -0.2) is 29.1 Å². The minimum absolute atomic E-state index is 0.0178. The van der Waals surface area contributed by atoms with Crippen molar-refractivity contribution in [3.05, 3.63) is 23.3 Å². The van der Waals surface area contributed by atoms with Gasteiger partial charge in [-0.05, 0) is 56.9 Å². The molecular formula is C23H36O4. The lowest BCUT2D eigenvalue weighted by Crippen LogP contribution is -2.17. The molecule has 0 aromatic carbocycles. The van der Waals surface area contributed by atoms with Crippen LogP contribution in [0.3, 0.4) is 0 Å². The Morgan fingerprint density at radius 2 is 1.74 bits per heavy atom. The molecule has 0 saturated carbocycles. The Balaban J connectivity index is 2.71. The Kier molecular flexibility index (Phi) is 9.31. The van der Waals surface area contributed by atoms with E-state index in [1.807, 2.05) is 19.1 Å². The van der Waals surface area contributed by atoms with Gasteiger partial charge in [0.25, 0.3) is 0 Å². The van der Waals surface area contributed by atoms with Crippen molar-refractivity contribution < 1.29 is 19.5 Å². The Labute approximate surface area is 164 Å². The van der Waals surface area contributed by atoms with E-state index in [9.17, 15) is 19.5 Å². The van der Waals surface area contributed by atoms with Crippen molar-refractivity contribution in [2.45, 2.75) is 67.2 Å².